The molecule has 0 saturated carbocycles. The predicted octanol–water partition coefficient (Wildman–Crippen LogP) is 2.50. The summed E-state index contributed by atoms with van der Waals surface area (Å²) in [4.78, 5) is 24.5. The van der Waals surface area contributed by atoms with Crippen molar-refractivity contribution in [3.05, 3.63) is 41.7 Å². The molecule has 0 fully saturated rings. The van der Waals surface area contributed by atoms with Gasteiger partial charge in [0.15, 0.2) is 0 Å². The Bertz CT molecular complexity index is 772. The van der Waals surface area contributed by atoms with Crippen LogP contribution in [0.5, 0.6) is 0 Å². The number of carbonyl (C=O) groups excluding carboxylic acids is 2. The molecule has 6 nitrogen and oxygen atoms in total. The van der Waals surface area contributed by atoms with Crippen LogP contribution < -0.4 is 10.2 Å². The Morgan fingerprint density at radius 1 is 1.29 bits per heavy atom. The number of halogens is 3. The molecule has 2 aromatic rings. The second-order valence-corrected chi connectivity index (χ2v) is 5.36. The monoisotopic (exact) mass is 338 g/mol. The first-order chi connectivity index (χ1) is 11.3. The van der Waals surface area contributed by atoms with Crippen LogP contribution in [0, 0.1) is 0 Å². The summed E-state index contributed by atoms with van der Waals surface area (Å²) in [7, 11) is 0. The molecule has 0 radical (unpaired) electrons. The molecule has 0 unspecified atom stereocenters. The van der Waals surface area contributed by atoms with Crippen molar-refractivity contribution in [2.24, 2.45) is 0 Å². The van der Waals surface area contributed by atoms with Crippen LogP contribution in [0.25, 0.3) is 0 Å². The normalized spacial score (nSPS) is 14.5. The second kappa shape index (κ2) is 5.99. The summed E-state index contributed by atoms with van der Waals surface area (Å²) in [5.74, 6) is -0.972. The van der Waals surface area contributed by atoms with Gasteiger partial charge in [-0.25, -0.2) is 0 Å². The molecular weight excluding hydrogens is 325 g/mol. The van der Waals surface area contributed by atoms with Gasteiger partial charge < -0.3 is 10.2 Å². The maximum Gasteiger partial charge on any atom is 0.406 e. The van der Waals surface area contributed by atoms with Crippen molar-refractivity contribution >= 4 is 23.2 Å². The molecule has 1 aliphatic heterocycles. The molecule has 24 heavy (non-hydrogen) atoms. The third-order valence-electron chi connectivity index (χ3n) is 3.62. The zero-order valence-corrected chi connectivity index (χ0v) is 12.4. The highest BCUT2D eigenvalue weighted by Gasteiger charge is 2.36. The fourth-order valence-corrected chi connectivity index (χ4v) is 2.57. The molecule has 2 amide bonds. The van der Waals surface area contributed by atoms with E-state index in [0.717, 1.165) is 4.90 Å². The molecule has 1 aromatic carbocycles. The Morgan fingerprint density at radius 3 is 2.75 bits per heavy atom. The number of rotatable bonds is 3. The van der Waals surface area contributed by atoms with Gasteiger partial charge in [-0.15, -0.1) is 0 Å². The van der Waals surface area contributed by atoms with Crippen molar-refractivity contribution in [2.75, 3.05) is 16.8 Å². The van der Waals surface area contributed by atoms with Crippen LogP contribution in [0.3, 0.4) is 0 Å². The number of hydrogen-bond donors (Lipinski definition) is 2. The Morgan fingerprint density at radius 2 is 2.08 bits per heavy atom. The molecular formula is C15H13F3N4O2. The lowest BCUT2D eigenvalue weighted by Crippen LogP contribution is -2.41. The lowest BCUT2D eigenvalue weighted by Gasteiger charge is -2.30. The molecule has 0 atom stereocenters. The minimum absolute atomic E-state index is 0.00102. The summed E-state index contributed by atoms with van der Waals surface area (Å²) in [6, 6.07) is 5.96. The van der Waals surface area contributed by atoms with E-state index in [4.69, 9.17) is 0 Å². The maximum absolute atomic E-state index is 12.7. The number of hydrogen-bond acceptors (Lipinski definition) is 3. The van der Waals surface area contributed by atoms with Crippen LogP contribution in [0.4, 0.5) is 24.5 Å². The smallest absolute Gasteiger partial charge is 0.321 e. The predicted molar refractivity (Wildman–Crippen MR) is 79.7 cm³/mol. The van der Waals surface area contributed by atoms with Crippen LogP contribution in [-0.4, -0.2) is 34.7 Å². The largest absolute Gasteiger partial charge is 0.406 e. The number of aromatic nitrogens is 2. The number of aryl methyl sites for hydroxylation is 1. The number of fused-ring (bicyclic) bond motifs is 1. The van der Waals surface area contributed by atoms with Crippen molar-refractivity contribution in [1.29, 1.82) is 0 Å². The number of H-pyrrole nitrogens is 1. The van der Waals surface area contributed by atoms with Crippen molar-refractivity contribution < 1.29 is 22.8 Å². The van der Waals surface area contributed by atoms with Crippen LogP contribution in [0.1, 0.15) is 22.5 Å². The summed E-state index contributed by atoms with van der Waals surface area (Å²) in [5.41, 5.74) is 1.51. The summed E-state index contributed by atoms with van der Waals surface area (Å²) in [6.07, 6.45) is -2.71. The minimum Gasteiger partial charge on any atom is -0.321 e. The van der Waals surface area contributed by atoms with Gasteiger partial charge in [0, 0.05) is 24.0 Å². The summed E-state index contributed by atoms with van der Waals surface area (Å²) in [6.45, 7) is -1.32. The number of amides is 2. The minimum atomic E-state index is -4.47. The van der Waals surface area contributed by atoms with Crippen molar-refractivity contribution in [3.8, 4) is 0 Å². The quantitative estimate of drug-likeness (QED) is 0.903. The number of alkyl halides is 3. The standard InChI is InChI=1S/C15H13F3N4O2/c16-15(17,18)8-22-12-3-2-10(7-9(12)1-4-13(22)23)20-14(24)11-5-6-19-21-11/h2-3,5-7H,1,4,8H2,(H,19,21)(H,20,24). The summed E-state index contributed by atoms with van der Waals surface area (Å²) in [5, 5.41) is 8.82. The van der Waals surface area contributed by atoms with Gasteiger partial charge in [-0.1, -0.05) is 0 Å². The van der Waals surface area contributed by atoms with Gasteiger partial charge in [0.2, 0.25) is 5.91 Å². The molecule has 3 rings (SSSR count). The van der Waals surface area contributed by atoms with Crippen LogP contribution in [0.15, 0.2) is 30.5 Å². The summed E-state index contributed by atoms with van der Waals surface area (Å²) >= 11 is 0. The first kappa shape index (κ1) is 16.0. The highest BCUT2D eigenvalue weighted by atomic mass is 19.4. The third kappa shape index (κ3) is 3.39. The molecule has 0 spiro atoms. The number of aromatic amines is 1. The lowest BCUT2D eigenvalue weighted by molar-refractivity contribution is -0.132. The molecule has 126 valence electrons. The van der Waals surface area contributed by atoms with Crippen molar-refractivity contribution in [1.82, 2.24) is 10.2 Å². The molecule has 0 bridgehead atoms. The number of benzene rings is 1. The fourth-order valence-electron chi connectivity index (χ4n) is 2.57. The van der Waals surface area contributed by atoms with Gasteiger partial charge in [0.1, 0.15) is 12.2 Å². The molecule has 2 heterocycles. The highest BCUT2D eigenvalue weighted by molar-refractivity contribution is 6.03. The van der Waals surface area contributed by atoms with Crippen LogP contribution in [0.2, 0.25) is 0 Å². The molecule has 2 N–H and O–H groups in total. The Hall–Kier alpha value is -2.84. The number of nitrogens with one attached hydrogen (secondary N) is 2. The molecule has 0 saturated heterocycles. The van der Waals surface area contributed by atoms with E-state index < -0.39 is 24.5 Å². The van der Waals surface area contributed by atoms with Crippen LogP contribution >= 0.6 is 0 Å². The average Bonchev–Trinajstić information content (AvgIpc) is 3.03. The van der Waals surface area contributed by atoms with Crippen molar-refractivity contribution in [2.45, 2.75) is 19.0 Å². The number of carbonyl (C=O) groups is 2. The first-order valence-electron chi connectivity index (χ1n) is 7.14. The summed E-state index contributed by atoms with van der Waals surface area (Å²) < 4.78 is 38.0. The Labute approximate surface area is 134 Å². The van der Waals surface area contributed by atoms with Gasteiger partial charge in [-0.05, 0) is 36.2 Å². The van der Waals surface area contributed by atoms with Gasteiger partial charge in [0.05, 0.1) is 0 Å². The van der Waals surface area contributed by atoms with Crippen molar-refractivity contribution in [3.63, 3.8) is 0 Å². The zero-order chi connectivity index (χ0) is 17.3. The second-order valence-electron chi connectivity index (χ2n) is 5.36. The van der Waals surface area contributed by atoms with E-state index in [-0.39, 0.29) is 17.8 Å². The number of nitrogens with zero attached hydrogens (tertiary/aromatic N) is 2. The zero-order valence-electron chi connectivity index (χ0n) is 12.4. The SMILES string of the molecule is O=C(Nc1ccc2c(c1)CCC(=O)N2CC(F)(F)F)c1ccn[nH]1. The van der Waals surface area contributed by atoms with E-state index in [2.05, 4.69) is 15.5 Å². The molecule has 0 aliphatic carbocycles. The first-order valence-corrected chi connectivity index (χ1v) is 7.14. The van der Waals surface area contributed by atoms with Crippen LogP contribution in [-0.2, 0) is 11.2 Å². The third-order valence-corrected chi connectivity index (χ3v) is 3.62. The van der Waals surface area contributed by atoms with E-state index in [0.29, 0.717) is 17.7 Å². The highest BCUT2D eigenvalue weighted by Crippen LogP contribution is 2.32. The van der Waals surface area contributed by atoms with E-state index in [1.54, 1.807) is 6.07 Å². The lowest BCUT2D eigenvalue weighted by atomic mass is 10.0. The van der Waals surface area contributed by atoms with Gasteiger partial charge in [0.25, 0.3) is 5.91 Å². The maximum atomic E-state index is 12.7. The molecule has 1 aliphatic rings. The Balaban J connectivity index is 1.83. The Kier molecular flexibility index (Phi) is 4.00. The fraction of sp³-hybridized carbons (Fsp3) is 0.267. The van der Waals surface area contributed by atoms with E-state index in [1.165, 1.54) is 24.4 Å². The van der Waals surface area contributed by atoms with E-state index >= 15 is 0 Å². The van der Waals surface area contributed by atoms with Gasteiger partial charge >= 0.3 is 6.18 Å². The van der Waals surface area contributed by atoms with Gasteiger partial charge in [-0.2, -0.15) is 18.3 Å². The number of anilines is 2. The van der Waals surface area contributed by atoms with E-state index in [9.17, 15) is 22.8 Å². The average molecular weight is 338 g/mol. The molecule has 1 aromatic heterocycles. The van der Waals surface area contributed by atoms with E-state index in [1.807, 2.05) is 0 Å². The molecule has 9 heteroatoms. The van der Waals surface area contributed by atoms with Gasteiger partial charge in [-0.3, -0.25) is 14.7 Å². The topological polar surface area (TPSA) is 78.1 Å².